The van der Waals surface area contributed by atoms with Crippen LogP contribution in [0.25, 0.3) is 0 Å². The van der Waals surface area contributed by atoms with Gasteiger partial charge >= 0.3 is 0 Å². The van der Waals surface area contributed by atoms with Crippen molar-refractivity contribution in [1.29, 1.82) is 0 Å². The van der Waals surface area contributed by atoms with Crippen LogP contribution in [-0.4, -0.2) is 34.4 Å². The Balaban J connectivity index is 1.88. The summed E-state index contributed by atoms with van der Waals surface area (Å²) in [7, 11) is 0. The highest BCUT2D eigenvalue weighted by molar-refractivity contribution is 7.99. The molecule has 4 heteroatoms. The van der Waals surface area contributed by atoms with Crippen LogP contribution in [0.4, 0.5) is 0 Å². The highest BCUT2D eigenvalue weighted by Gasteiger charge is 2.08. The van der Waals surface area contributed by atoms with Crippen molar-refractivity contribution in [2.24, 2.45) is 10.2 Å². The van der Waals surface area contributed by atoms with E-state index in [2.05, 4.69) is 10.2 Å². The molecule has 0 aromatic carbocycles. The normalized spacial score (nSPS) is 23.4. The van der Waals surface area contributed by atoms with Crippen molar-refractivity contribution in [1.82, 2.24) is 0 Å². The molecule has 0 aromatic rings. The van der Waals surface area contributed by atoms with E-state index in [0.29, 0.717) is 0 Å². The largest absolute Gasteiger partial charge is 0.161 e. The minimum Gasteiger partial charge on any atom is -0.161 e. The van der Waals surface area contributed by atoms with E-state index in [4.69, 9.17) is 0 Å². The average Bonchev–Trinajstić information content (AvgIpc) is 2.29. The summed E-state index contributed by atoms with van der Waals surface area (Å²) in [6, 6.07) is 0. The van der Waals surface area contributed by atoms with Crippen molar-refractivity contribution in [3.05, 3.63) is 0 Å². The van der Waals surface area contributed by atoms with Crippen LogP contribution in [0.3, 0.4) is 0 Å². The molecule has 2 heterocycles. The molecule has 0 saturated carbocycles. The molecule has 0 aliphatic carbocycles. The van der Waals surface area contributed by atoms with E-state index in [9.17, 15) is 0 Å². The van der Waals surface area contributed by atoms with Gasteiger partial charge in [0.1, 0.15) is 0 Å². The standard InChI is InChI=1S/C10H16N2S2/c1-5-13-6-2-9(1)11-12-10-3-7-14-8-4-10/h1-8H2. The summed E-state index contributed by atoms with van der Waals surface area (Å²) in [6.07, 6.45) is 4.60. The Hall–Kier alpha value is 0.0400. The summed E-state index contributed by atoms with van der Waals surface area (Å²) < 4.78 is 0. The molecule has 0 radical (unpaired) electrons. The molecule has 2 aliphatic heterocycles. The lowest BCUT2D eigenvalue weighted by Gasteiger charge is -2.12. The van der Waals surface area contributed by atoms with E-state index < -0.39 is 0 Å². The second-order valence-electron chi connectivity index (χ2n) is 3.56. The number of rotatable bonds is 1. The third-order valence-electron chi connectivity index (χ3n) is 2.47. The minimum atomic E-state index is 1.15. The highest BCUT2D eigenvalue weighted by Crippen LogP contribution is 2.17. The zero-order valence-corrected chi connectivity index (χ0v) is 10.0. The lowest BCUT2D eigenvalue weighted by atomic mass is 10.2. The minimum absolute atomic E-state index is 1.15. The molecule has 0 spiro atoms. The van der Waals surface area contributed by atoms with E-state index in [-0.39, 0.29) is 0 Å². The fourth-order valence-electron chi connectivity index (χ4n) is 1.56. The van der Waals surface area contributed by atoms with E-state index in [1.807, 2.05) is 23.5 Å². The molecule has 2 rings (SSSR count). The summed E-state index contributed by atoms with van der Waals surface area (Å²) in [6.45, 7) is 0. The fourth-order valence-corrected chi connectivity index (χ4v) is 3.48. The SMILES string of the molecule is C1CC(=NN=C2CCSCC2)CCS1. The first kappa shape index (κ1) is 10.6. The molecule has 78 valence electrons. The number of hydrogen-bond acceptors (Lipinski definition) is 4. The zero-order valence-electron chi connectivity index (χ0n) is 8.37. The van der Waals surface area contributed by atoms with Crippen molar-refractivity contribution in [3.63, 3.8) is 0 Å². The van der Waals surface area contributed by atoms with Gasteiger partial charge < -0.3 is 0 Å². The monoisotopic (exact) mass is 228 g/mol. The zero-order chi connectivity index (χ0) is 9.64. The maximum Gasteiger partial charge on any atom is 0.0422 e. The summed E-state index contributed by atoms with van der Waals surface area (Å²) in [4.78, 5) is 0. The van der Waals surface area contributed by atoms with Gasteiger partial charge in [-0.25, -0.2) is 0 Å². The number of thioether (sulfide) groups is 2. The van der Waals surface area contributed by atoms with Crippen molar-refractivity contribution >= 4 is 34.9 Å². The molecule has 2 aliphatic rings. The molecular formula is C10H16N2S2. The van der Waals surface area contributed by atoms with Gasteiger partial charge in [-0.3, -0.25) is 0 Å². The van der Waals surface area contributed by atoms with Crippen LogP contribution in [0.2, 0.25) is 0 Å². The Morgan fingerprint density at radius 2 is 1.00 bits per heavy atom. The average molecular weight is 228 g/mol. The van der Waals surface area contributed by atoms with Crippen LogP contribution in [0, 0.1) is 0 Å². The quantitative estimate of drug-likeness (QED) is 0.645. The first-order chi connectivity index (χ1) is 6.95. The van der Waals surface area contributed by atoms with Gasteiger partial charge in [-0.15, -0.1) is 0 Å². The number of hydrogen-bond donors (Lipinski definition) is 0. The van der Waals surface area contributed by atoms with Gasteiger partial charge in [-0.1, -0.05) is 0 Å². The lowest BCUT2D eigenvalue weighted by Crippen LogP contribution is -2.10. The van der Waals surface area contributed by atoms with Crippen molar-refractivity contribution in [3.8, 4) is 0 Å². The molecule has 0 unspecified atom stereocenters. The van der Waals surface area contributed by atoms with Gasteiger partial charge in [0.2, 0.25) is 0 Å². The van der Waals surface area contributed by atoms with Gasteiger partial charge in [-0.2, -0.15) is 33.7 Å². The van der Waals surface area contributed by atoms with Gasteiger partial charge in [0.25, 0.3) is 0 Å². The second kappa shape index (κ2) is 5.81. The Morgan fingerprint density at radius 1 is 0.643 bits per heavy atom. The predicted octanol–water partition coefficient (Wildman–Crippen LogP) is 2.84. The second-order valence-corrected chi connectivity index (χ2v) is 6.01. The molecule has 2 fully saturated rings. The molecule has 0 bridgehead atoms. The summed E-state index contributed by atoms with van der Waals surface area (Å²) in [5.74, 6) is 4.94. The molecule has 0 amide bonds. The van der Waals surface area contributed by atoms with Crippen molar-refractivity contribution in [2.75, 3.05) is 23.0 Å². The van der Waals surface area contributed by atoms with Gasteiger partial charge in [-0.05, 0) is 48.7 Å². The Morgan fingerprint density at radius 3 is 1.36 bits per heavy atom. The molecule has 14 heavy (non-hydrogen) atoms. The van der Waals surface area contributed by atoms with E-state index in [1.54, 1.807) is 0 Å². The van der Waals surface area contributed by atoms with Gasteiger partial charge in [0, 0.05) is 11.4 Å². The maximum absolute atomic E-state index is 4.39. The van der Waals surface area contributed by atoms with E-state index in [0.717, 1.165) is 25.7 Å². The summed E-state index contributed by atoms with van der Waals surface area (Å²) >= 11 is 4.05. The molecular weight excluding hydrogens is 212 g/mol. The topological polar surface area (TPSA) is 24.7 Å². The van der Waals surface area contributed by atoms with Crippen LogP contribution in [0.1, 0.15) is 25.7 Å². The molecule has 2 saturated heterocycles. The molecule has 0 aromatic heterocycles. The Kier molecular flexibility index (Phi) is 4.38. The predicted molar refractivity (Wildman–Crippen MR) is 68.0 cm³/mol. The van der Waals surface area contributed by atoms with Crippen LogP contribution in [0.5, 0.6) is 0 Å². The Bertz CT molecular complexity index is 207. The Labute approximate surface area is 94.0 Å². The number of nitrogens with zero attached hydrogens (tertiary/aromatic N) is 2. The molecule has 0 atom stereocenters. The van der Waals surface area contributed by atoms with Gasteiger partial charge in [0.15, 0.2) is 0 Å². The third-order valence-corrected chi connectivity index (χ3v) is 4.44. The van der Waals surface area contributed by atoms with E-state index >= 15 is 0 Å². The smallest absolute Gasteiger partial charge is 0.0422 e. The highest BCUT2D eigenvalue weighted by atomic mass is 32.2. The summed E-state index contributed by atoms with van der Waals surface area (Å²) in [5, 5.41) is 8.78. The molecule has 0 N–H and O–H groups in total. The van der Waals surface area contributed by atoms with Crippen molar-refractivity contribution in [2.45, 2.75) is 25.7 Å². The van der Waals surface area contributed by atoms with Crippen LogP contribution < -0.4 is 0 Å². The van der Waals surface area contributed by atoms with Crippen LogP contribution >= 0.6 is 23.5 Å². The third kappa shape index (κ3) is 3.31. The van der Waals surface area contributed by atoms with Gasteiger partial charge in [0.05, 0.1) is 0 Å². The van der Waals surface area contributed by atoms with Crippen molar-refractivity contribution < 1.29 is 0 Å². The first-order valence-electron chi connectivity index (χ1n) is 5.22. The fraction of sp³-hybridized carbons (Fsp3) is 0.800. The lowest BCUT2D eigenvalue weighted by molar-refractivity contribution is 1.04. The van der Waals surface area contributed by atoms with E-state index in [1.165, 1.54) is 34.4 Å². The summed E-state index contributed by atoms with van der Waals surface area (Å²) in [5.41, 5.74) is 2.63. The molecule has 2 nitrogen and oxygen atoms in total. The van der Waals surface area contributed by atoms with Crippen LogP contribution in [-0.2, 0) is 0 Å². The van der Waals surface area contributed by atoms with Crippen LogP contribution in [0.15, 0.2) is 10.2 Å². The first-order valence-corrected chi connectivity index (χ1v) is 7.53. The maximum atomic E-state index is 4.39.